The Kier molecular flexibility index (Phi) is 6.22. The molecule has 1 N–H and O–H groups in total. The Morgan fingerprint density at radius 3 is 2.46 bits per heavy atom. The number of nitrogens with one attached hydrogen (secondary N) is 1. The predicted molar refractivity (Wildman–Crippen MR) is 113 cm³/mol. The molecule has 0 unspecified atom stereocenters. The van der Waals surface area contributed by atoms with Gasteiger partial charge in [-0.05, 0) is 53.5 Å². The van der Waals surface area contributed by atoms with Crippen molar-refractivity contribution in [3.63, 3.8) is 0 Å². The van der Waals surface area contributed by atoms with Crippen molar-refractivity contribution in [3.05, 3.63) is 83.9 Å². The summed E-state index contributed by atoms with van der Waals surface area (Å²) in [5.41, 5.74) is 2.79. The summed E-state index contributed by atoms with van der Waals surface area (Å²) in [7, 11) is 0. The minimum Gasteiger partial charge on any atom is -0.449 e. The predicted octanol–water partition coefficient (Wildman–Crippen LogP) is 4.99. The summed E-state index contributed by atoms with van der Waals surface area (Å²) < 4.78 is 5.23. The molecule has 0 fully saturated rings. The topological polar surface area (TPSA) is 55.4 Å². The summed E-state index contributed by atoms with van der Waals surface area (Å²) in [6.45, 7) is 3.63. The highest BCUT2D eigenvalue weighted by Crippen LogP contribution is 2.19. The zero-order valence-electron chi connectivity index (χ0n) is 16.0. The van der Waals surface area contributed by atoms with E-state index in [2.05, 4.69) is 12.2 Å². The van der Waals surface area contributed by atoms with Gasteiger partial charge in [-0.2, -0.15) is 0 Å². The van der Waals surface area contributed by atoms with E-state index in [1.807, 2.05) is 66.7 Å². The molecule has 1 amide bonds. The Morgan fingerprint density at radius 2 is 1.71 bits per heavy atom. The van der Waals surface area contributed by atoms with Crippen LogP contribution in [0.1, 0.15) is 25.0 Å². The fourth-order valence-electron chi connectivity index (χ4n) is 2.89. The van der Waals surface area contributed by atoms with Gasteiger partial charge in [-0.1, -0.05) is 61.5 Å². The van der Waals surface area contributed by atoms with Crippen LogP contribution in [0, 0.1) is 0 Å². The van der Waals surface area contributed by atoms with Crippen LogP contribution in [0.2, 0.25) is 0 Å². The van der Waals surface area contributed by atoms with E-state index in [-0.39, 0.29) is 5.91 Å². The molecule has 3 aromatic rings. The van der Waals surface area contributed by atoms with Crippen LogP contribution in [0.5, 0.6) is 0 Å². The Hall–Kier alpha value is -3.40. The quantitative estimate of drug-likeness (QED) is 0.489. The van der Waals surface area contributed by atoms with Crippen molar-refractivity contribution >= 4 is 34.4 Å². The highest BCUT2D eigenvalue weighted by atomic mass is 16.5. The Morgan fingerprint density at radius 1 is 1.00 bits per heavy atom. The first-order chi connectivity index (χ1) is 13.6. The summed E-state index contributed by atoms with van der Waals surface area (Å²) >= 11 is 0. The number of fused-ring (bicyclic) bond motifs is 1. The van der Waals surface area contributed by atoms with Gasteiger partial charge in [-0.25, -0.2) is 4.79 Å². The minimum atomic E-state index is -0.893. The first kappa shape index (κ1) is 19.4. The number of rotatable bonds is 6. The lowest BCUT2D eigenvalue weighted by Gasteiger charge is -2.12. The monoisotopic (exact) mass is 373 g/mol. The molecule has 4 heteroatoms. The van der Waals surface area contributed by atoms with Gasteiger partial charge < -0.3 is 10.1 Å². The van der Waals surface area contributed by atoms with Crippen LogP contribution in [-0.2, 0) is 20.7 Å². The number of ether oxygens (including phenoxy) is 1. The molecule has 142 valence electrons. The molecule has 0 aliphatic heterocycles. The number of anilines is 1. The number of hydrogen-bond donors (Lipinski definition) is 1. The second-order valence-electron chi connectivity index (χ2n) is 6.52. The van der Waals surface area contributed by atoms with Crippen molar-refractivity contribution < 1.29 is 14.3 Å². The SMILES string of the molecule is CCc1ccc(NC(=O)[C@@H](C)OC(=O)/C=C/c2cccc3ccccc23)cc1. The van der Waals surface area contributed by atoms with Gasteiger partial charge in [0, 0.05) is 11.8 Å². The lowest BCUT2D eigenvalue weighted by atomic mass is 10.0. The molecule has 0 aliphatic rings. The van der Waals surface area contributed by atoms with Gasteiger partial charge in [0.2, 0.25) is 0 Å². The van der Waals surface area contributed by atoms with Crippen LogP contribution in [0.25, 0.3) is 16.8 Å². The van der Waals surface area contributed by atoms with Crippen LogP contribution in [0.15, 0.2) is 72.8 Å². The third-order valence-corrected chi connectivity index (χ3v) is 4.51. The molecule has 4 nitrogen and oxygen atoms in total. The van der Waals surface area contributed by atoms with E-state index in [0.717, 1.165) is 22.8 Å². The average Bonchev–Trinajstić information content (AvgIpc) is 2.72. The summed E-state index contributed by atoms with van der Waals surface area (Å²) in [5, 5.41) is 4.90. The van der Waals surface area contributed by atoms with Gasteiger partial charge in [-0.3, -0.25) is 4.79 Å². The molecule has 0 heterocycles. The molecule has 0 bridgehead atoms. The van der Waals surface area contributed by atoms with Crippen molar-refractivity contribution in [1.29, 1.82) is 0 Å². The van der Waals surface area contributed by atoms with Gasteiger partial charge in [0.25, 0.3) is 5.91 Å². The van der Waals surface area contributed by atoms with Crippen molar-refractivity contribution in [1.82, 2.24) is 0 Å². The first-order valence-corrected chi connectivity index (χ1v) is 9.33. The first-order valence-electron chi connectivity index (χ1n) is 9.33. The van der Waals surface area contributed by atoms with E-state index in [4.69, 9.17) is 4.74 Å². The molecule has 0 aliphatic carbocycles. The van der Waals surface area contributed by atoms with E-state index >= 15 is 0 Å². The van der Waals surface area contributed by atoms with Crippen LogP contribution in [-0.4, -0.2) is 18.0 Å². The Labute approximate surface area is 164 Å². The molecule has 0 saturated carbocycles. The third-order valence-electron chi connectivity index (χ3n) is 4.51. The number of aryl methyl sites for hydroxylation is 1. The van der Waals surface area contributed by atoms with E-state index in [9.17, 15) is 9.59 Å². The molecule has 0 spiro atoms. The number of amides is 1. The van der Waals surface area contributed by atoms with Crippen LogP contribution in [0.4, 0.5) is 5.69 Å². The molecule has 28 heavy (non-hydrogen) atoms. The minimum absolute atomic E-state index is 0.365. The lowest BCUT2D eigenvalue weighted by molar-refractivity contribution is -0.148. The van der Waals surface area contributed by atoms with Crippen molar-refractivity contribution in [3.8, 4) is 0 Å². The largest absolute Gasteiger partial charge is 0.449 e. The summed E-state index contributed by atoms with van der Waals surface area (Å²) in [4.78, 5) is 24.4. The van der Waals surface area contributed by atoms with Gasteiger partial charge >= 0.3 is 5.97 Å². The third kappa shape index (κ3) is 4.86. The molecular weight excluding hydrogens is 350 g/mol. The summed E-state index contributed by atoms with van der Waals surface area (Å²) in [5.74, 6) is -0.923. The summed E-state index contributed by atoms with van der Waals surface area (Å²) in [6, 6.07) is 21.4. The van der Waals surface area contributed by atoms with E-state index in [0.29, 0.717) is 5.69 Å². The van der Waals surface area contributed by atoms with Gasteiger partial charge in [-0.15, -0.1) is 0 Å². The summed E-state index contributed by atoms with van der Waals surface area (Å²) in [6.07, 6.45) is 3.10. The molecule has 3 rings (SSSR count). The van der Waals surface area contributed by atoms with Gasteiger partial charge in [0.1, 0.15) is 0 Å². The molecular formula is C24H23NO3. The molecule has 0 aromatic heterocycles. The Bertz CT molecular complexity index is 1000. The standard InChI is InChI=1S/C24H23NO3/c1-3-18-11-14-21(15-12-18)25-24(27)17(2)28-23(26)16-13-20-9-6-8-19-7-4-5-10-22(19)20/h4-17H,3H2,1-2H3,(H,25,27)/b16-13+/t17-/m1/s1. The highest BCUT2D eigenvalue weighted by Gasteiger charge is 2.16. The second kappa shape index (κ2) is 9.00. The maximum absolute atomic E-state index is 12.2. The van der Waals surface area contributed by atoms with Gasteiger partial charge in [0.05, 0.1) is 0 Å². The van der Waals surface area contributed by atoms with Crippen LogP contribution >= 0.6 is 0 Å². The van der Waals surface area contributed by atoms with E-state index in [1.54, 1.807) is 13.0 Å². The van der Waals surface area contributed by atoms with Crippen molar-refractivity contribution in [2.75, 3.05) is 5.32 Å². The second-order valence-corrected chi connectivity index (χ2v) is 6.52. The number of esters is 1. The Balaban J connectivity index is 1.60. The molecule has 1 atom stereocenters. The molecule has 3 aromatic carbocycles. The van der Waals surface area contributed by atoms with Crippen LogP contribution in [0.3, 0.4) is 0 Å². The van der Waals surface area contributed by atoms with Gasteiger partial charge in [0.15, 0.2) is 6.10 Å². The number of carbonyl (C=O) groups excluding carboxylic acids is 2. The molecule has 0 saturated heterocycles. The number of benzene rings is 3. The van der Waals surface area contributed by atoms with Crippen molar-refractivity contribution in [2.45, 2.75) is 26.4 Å². The average molecular weight is 373 g/mol. The lowest BCUT2D eigenvalue weighted by Crippen LogP contribution is -2.29. The maximum Gasteiger partial charge on any atom is 0.331 e. The molecule has 0 radical (unpaired) electrons. The fraction of sp³-hybridized carbons (Fsp3) is 0.167. The fourth-order valence-corrected chi connectivity index (χ4v) is 2.89. The van der Waals surface area contributed by atoms with Crippen molar-refractivity contribution in [2.24, 2.45) is 0 Å². The van der Waals surface area contributed by atoms with Crippen LogP contribution < -0.4 is 5.32 Å². The normalized spacial score (nSPS) is 12.1. The zero-order valence-corrected chi connectivity index (χ0v) is 16.0. The highest BCUT2D eigenvalue weighted by molar-refractivity contribution is 5.98. The smallest absolute Gasteiger partial charge is 0.331 e. The van der Waals surface area contributed by atoms with E-state index in [1.165, 1.54) is 11.6 Å². The number of hydrogen-bond acceptors (Lipinski definition) is 3. The van der Waals surface area contributed by atoms with E-state index < -0.39 is 12.1 Å². The maximum atomic E-state index is 12.2. The zero-order chi connectivity index (χ0) is 19.9. The number of carbonyl (C=O) groups is 2.